The van der Waals surface area contributed by atoms with Crippen molar-refractivity contribution >= 4 is 5.91 Å². The quantitative estimate of drug-likeness (QED) is 0.606. The second-order valence-electron chi connectivity index (χ2n) is 5.90. The molecule has 2 N–H and O–H groups in total. The maximum Gasteiger partial charge on any atom is 0.217 e. The van der Waals surface area contributed by atoms with Crippen LogP contribution in [0, 0.1) is 0 Å². The Morgan fingerprint density at radius 3 is 1.90 bits per heavy atom. The summed E-state index contributed by atoms with van der Waals surface area (Å²) in [4.78, 5) is 10.4. The van der Waals surface area contributed by atoms with E-state index in [-0.39, 0.29) is 5.91 Å². The number of primary amides is 1. The highest BCUT2D eigenvalue weighted by Gasteiger charge is 1.94. The number of carbonyl (C=O) groups is 1. The molecule has 0 aliphatic carbocycles. The van der Waals surface area contributed by atoms with Crippen molar-refractivity contribution < 1.29 is 4.79 Å². The van der Waals surface area contributed by atoms with Crippen LogP contribution in [0.4, 0.5) is 0 Å². The van der Waals surface area contributed by atoms with Crippen molar-refractivity contribution in [2.45, 2.75) is 78.1 Å². The lowest BCUT2D eigenvalue weighted by molar-refractivity contribution is -0.118. The molecule has 0 atom stereocenters. The number of hydrogen-bond acceptors (Lipinski definition) is 1. The van der Waals surface area contributed by atoms with Crippen molar-refractivity contribution in [3.63, 3.8) is 0 Å². The van der Waals surface area contributed by atoms with Crippen LogP contribution in [0.2, 0.25) is 0 Å². The number of amides is 1. The molecule has 0 spiro atoms. The molecular weight excluding hydrogens is 258 g/mol. The van der Waals surface area contributed by atoms with Crippen molar-refractivity contribution in [3.05, 3.63) is 35.9 Å². The van der Waals surface area contributed by atoms with E-state index in [0.717, 1.165) is 12.8 Å². The second kappa shape index (κ2) is 13.7. The molecule has 21 heavy (non-hydrogen) atoms. The summed E-state index contributed by atoms with van der Waals surface area (Å²) < 4.78 is 0. The summed E-state index contributed by atoms with van der Waals surface area (Å²) in [5.41, 5.74) is 6.43. The summed E-state index contributed by atoms with van der Waals surface area (Å²) >= 11 is 0. The van der Waals surface area contributed by atoms with E-state index in [9.17, 15) is 4.79 Å². The largest absolute Gasteiger partial charge is 0.370 e. The Kier molecular flexibility index (Phi) is 12.8. The van der Waals surface area contributed by atoms with Gasteiger partial charge in [0.15, 0.2) is 0 Å². The smallest absolute Gasteiger partial charge is 0.217 e. The van der Waals surface area contributed by atoms with Gasteiger partial charge in [0.2, 0.25) is 5.91 Å². The molecule has 1 rings (SSSR count). The molecule has 0 heterocycles. The third-order valence-corrected chi connectivity index (χ3v) is 3.49. The molecule has 0 bridgehead atoms. The highest BCUT2D eigenvalue weighted by Crippen LogP contribution is 2.11. The Morgan fingerprint density at radius 2 is 1.48 bits per heavy atom. The van der Waals surface area contributed by atoms with Crippen LogP contribution in [0.3, 0.4) is 0 Å². The summed E-state index contributed by atoms with van der Waals surface area (Å²) in [6.07, 6.45) is 9.24. The van der Waals surface area contributed by atoms with Crippen LogP contribution in [0.1, 0.15) is 83.6 Å². The molecular formula is C19H33NO. The first kappa shape index (κ1) is 19.7. The molecule has 1 aromatic rings. The topological polar surface area (TPSA) is 43.1 Å². The molecule has 0 fully saturated rings. The number of rotatable bonds is 9. The van der Waals surface area contributed by atoms with E-state index < -0.39 is 0 Å². The number of carbonyl (C=O) groups excluding carboxylic acids is 1. The zero-order chi connectivity index (χ0) is 15.9. The number of unbranched alkanes of at least 4 members (excludes halogenated alkanes) is 6. The van der Waals surface area contributed by atoms with Gasteiger partial charge in [-0.25, -0.2) is 0 Å². The summed E-state index contributed by atoms with van der Waals surface area (Å²) in [7, 11) is 0. The van der Waals surface area contributed by atoms with E-state index in [0.29, 0.717) is 12.3 Å². The van der Waals surface area contributed by atoms with Crippen molar-refractivity contribution in [1.29, 1.82) is 0 Å². The molecule has 0 saturated carbocycles. The SMILES string of the molecule is CC(C)c1ccccc1.CCCCCCCCCC(N)=O. The molecule has 0 aliphatic heterocycles. The molecule has 1 aromatic carbocycles. The first-order valence-electron chi connectivity index (χ1n) is 8.41. The van der Waals surface area contributed by atoms with Gasteiger partial charge in [-0.2, -0.15) is 0 Å². The van der Waals surface area contributed by atoms with Gasteiger partial charge in [-0.1, -0.05) is 89.6 Å². The van der Waals surface area contributed by atoms with Crippen molar-refractivity contribution in [1.82, 2.24) is 0 Å². The van der Waals surface area contributed by atoms with E-state index in [1.807, 2.05) is 6.07 Å². The minimum atomic E-state index is -0.163. The molecule has 0 radical (unpaired) electrons. The van der Waals surface area contributed by atoms with Gasteiger partial charge in [0.25, 0.3) is 0 Å². The first-order valence-corrected chi connectivity index (χ1v) is 8.41. The van der Waals surface area contributed by atoms with Crippen LogP contribution in [0.25, 0.3) is 0 Å². The van der Waals surface area contributed by atoms with Gasteiger partial charge in [-0.15, -0.1) is 0 Å². The number of benzene rings is 1. The Bertz CT molecular complexity index is 346. The van der Waals surface area contributed by atoms with E-state index in [1.165, 1.54) is 37.7 Å². The fourth-order valence-electron chi connectivity index (χ4n) is 2.09. The fourth-order valence-corrected chi connectivity index (χ4v) is 2.09. The summed E-state index contributed by atoms with van der Waals surface area (Å²) in [6.45, 7) is 6.62. The van der Waals surface area contributed by atoms with Crippen LogP contribution in [0.5, 0.6) is 0 Å². The highest BCUT2D eigenvalue weighted by atomic mass is 16.1. The molecule has 0 aromatic heterocycles. The standard InChI is InChI=1S/C10H21NO.C9H12/c1-2-3-4-5-6-7-8-9-10(11)12;1-8(2)9-6-4-3-5-7-9/h2-9H2,1H3,(H2,11,12);3-8H,1-2H3. The Morgan fingerprint density at radius 1 is 0.952 bits per heavy atom. The molecule has 2 nitrogen and oxygen atoms in total. The van der Waals surface area contributed by atoms with Gasteiger partial charge >= 0.3 is 0 Å². The van der Waals surface area contributed by atoms with E-state index in [4.69, 9.17) is 5.73 Å². The predicted octanol–water partition coefficient (Wildman–Crippen LogP) is 5.42. The van der Waals surface area contributed by atoms with Crippen LogP contribution in [0.15, 0.2) is 30.3 Å². The van der Waals surface area contributed by atoms with Gasteiger partial charge in [0.05, 0.1) is 0 Å². The van der Waals surface area contributed by atoms with Gasteiger partial charge in [-0.3, -0.25) is 4.79 Å². The van der Waals surface area contributed by atoms with E-state index >= 15 is 0 Å². The summed E-state index contributed by atoms with van der Waals surface area (Å²) in [6, 6.07) is 10.5. The van der Waals surface area contributed by atoms with Crippen LogP contribution >= 0.6 is 0 Å². The maximum absolute atomic E-state index is 10.4. The summed E-state index contributed by atoms with van der Waals surface area (Å²) in [5, 5.41) is 0. The van der Waals surface area contributed by atoms with Crippen LogP contribution in [-0.2, 0) is 4.79 Å². The average molecular weight is 291 g/mol. The zero-order valence-corrected chi connectivity index (χ0v) is 14.1. The lowest BCUT2D eigenvalue weighted by Gasteiger charge is -2.01. The Balaban J connectivity index is 0.000000394. The van der Waals surface area contributed by atoms with E-state index in [2.05, 4.69) is 45.0 Å². The fraction of sp³-hybridized carbons (Fsp3) is 0.632. The predicted molar refractivity (Wildman–Crippen MR) is 92.3 cm³/mol. The maximum atomic E-state index is 10.4. The Labute approximate surface area is 131 Å². The third-order valence-electron chi connectivity index (χ3n) is 3.49. The van der Waals surface area contributed by atoms with Gasteiger partial charge in [-0.05, 0) is 17.9 Å². The lowest BCUT2D eigenvalue weighted by Crippen LogP contribution is -2.09. The van der Waals surface area contributed by atoms with Crippen molar-refractivity contribution in [3.8, 4) is 0 Å². The molecule has 2 heteroatoms. The van der Waals surface area contributed by atoms with Gasteiger partial charge in [0, 0.05) is 6.42 Å². The minimum Gasteiger partial charge on any atom is -0.370 e. The number of hydrogen-bond donors (Lipinski definition) is 1. The number of nitrogens with two attached hydrogens (primary N) is 1. The van der Waals surface area contributed by atoms with Crippen molar-refractivity contribution in [2.24, 2.45) is 5.73 Å². The lowest BCUT2D eigenvalue weighted by atomic mass is 10.0. The highest BCUT2D eigenvalue weighted by molar-refractivity contribution is 5.73. The van der Waals surface area contributed by atoms with Crippen LogP contribution in [-0.4, -0.2) is 5.91 Å². The molecule has 0 unspecified atom stereocenters. The monoisotopic (exact) mass is 291 g/mol. The molecule has 0 aliphatic rings. The molecule has 120 valence electrons. The summed E-state index contributed by atoms with van der Waals surface area (Å²) in [5.74, 6) is 0.495. The average Bonchev–Trinajstić information content (AvgIpc) is 2.47. The minimum absolute atomic E-state index is 0.163. The molecule has 0 saturated heterocycles. The molecule has 1 amide bonds. The Hall–Kier alpha value is -1.31. The first-order chi connectivity index (χ1) is 10.1. The van der Waals surface area contributed by atoms with Gasteiger partial charge in [0.1, 0.15) is 0 Å². The van der Waals surface area contributed by atoms with Crippen molar-refractivity contribution in [2.75, 3.05) is 0 Å². The second-order valence-corrected chi connectivity index (χ2v) is 5.90. The van der Waals surface area contributed by atoms with E-state index in [1.54, 1.807) is 0 Å². The zero-order valence-electron chi connectivity index (χ0n) is 14.1. The normalized spacial score (nSPS) is 10.1. The van der Waals surface area contributed by atoms with Crippen LogP contribution < -0.4 is 5.73 Å². The third kappa shape index (κ3) is 13.4. The van der Waals surface area contributed by atoms with Gasteiger partial charge < -0.3 is 5.73 Å².